The van der Waals surface area contributed by atoms with E-state index in [2.05, 4.69) is 22.2 Å². The van der Waals surface area contributed by atoms with Gasteiger partial charge in [0.1, 0.15) is 5.82 Å². The fourth-order valence-electron chi connectivity index (χ4n) is 2.56. The van der Waals surface area contributed by atoms with Crippen LogP contribution in [0.25, 0.3) is 0 Å². The van der Waals surface area contributed by atoms with Crippen LogP contribution >= 0.6 is 0 Å². The molecule has 0 spiro atoms. The van der Waals surface area contributed by atoms with Crippen molar-refractivity contribution in [3.63, 3.8) is 0 Å². The van der Waals surface area contributed by atoms with Crippen LogP contribution in [-0.4, -0.2) is 44.2 Å². The Morgan fingerprint density at radius 2 is 2.26 bits per heavy atom. The van der Waals surface area contributed by atoms with E-state index < -0.39 is 0 Å². The molecule has 2 rings (SSSR count). The SMILES string of the molecule is COC(=O)c1c(C)cc(N(C)[C@@H]2CCNC2)nc1C. The second-order valence-corrected chi connectivity index (χ2v) is 5.01. The maximum absolute atomic E-state index is 11.7. The zero-order valence-electron chi connectivity index (χ0n) is 12.0. The number of likely N-dealkylation sites (N-methyl/N-ethyl adjacent to an activating group) is 1. The highest BCUT2D eigenvalue weighted by atomic mass is 16.5. The normalized spacial score (nSPS) is 18.4. The maximum Gasteiger partial charge on any atom is 0.339 e. The first-order chi connectivity index (χ1) is 9.04. The number of methoxy groups -OCH3 is 1. The van der Waals surface area contributed by atoms with Gasteiger partial charge in [0.25, 0.3) is 0 Å². The number of rotatable bonds is 3. The minimum absolute atomic E-state index is 0.320. The van der Waals surface area contributed by atoms with E-state index in [9.17, 15) is 4.79 Å². The van der Waals surface area contributed by atoms with E-state index in [0.29, 0.717) is 11.6 Å². The second kappa shape index (κ2) is 5.57. The van der Waals surface area contributed by atoms with E-state index in [-0.39, 0.29) is 5.97 Å². The van der Waals surface area contributed by atoms with Gasteiger partial charge in [-0.1, -0.05) is 0 Å². The molecule has 1 aromatic heterocycles. The standard InChI is InChI=1S/C14H21N3O2/c1-9-7-12(17(3)11-5-6-15-8-11)16-10(2)13(9)14(18)19-4/h7,11,15H,5-6,8H2,1-4H3/t11-/m1/s1. The van der Waals surface area contributed by atoms with Crippen LogP contribution in [0.3, 0.4) is 0 Å². The highest BCUT2D eigenvalue weighted by Crippen LogP contribution is 2.22. The Bertz CT molecular complexity index is 459. The average molecular weight is 263 g/mol. The molecule has 1 N–H and O–H groups in total. The van der Waals surface area contributed by atoms with Gasteiger partial charge in [-0.05, 0) is 38.4 Å². The fraction of sp³-hybridized carbons (Fsp3) is 0.571. The third-order valence-corrected chi connectivity index (χ3v) is 3.72. The lowest BCUT2D eigenvalue weighted by atomic mass is 10.1. The predicted molar refractivity (Wildman–Crippen MR) is 74.7 cm³/mol. The Morgan fingerprint density at radius 1 is 1.53 bits per heavy atom. The summed E-state index contributed by atoms with van der Waals surface area (Å²) in [6.45, 7) is 5.80. The number of nitrogens with zero attached hydrogens (tertiary/aromatic N) is 2. The average Bonchev–Trinajstić information content (AvgIpc) is 2.90. The van der Waals surface area contributed by atoms with E-state index in [0.717, 1.165) is 36.6 Å². The zero-order valence-corrected chi connectivity index (χ0v) is 12.0. The number of carbonyl (C=O) groups excluding carboxylic acids is 1. The molecule has 1 aliphatic rings. The third-order valence-electron chi connectivity index (χ3n) is 3.72. The molecule has 0 bridgehead atoms. The largest absolute Gasteiger partial charge is 0.465 e. The van der Waals surface area contributed by atoms with Crippen LogP contribution in [0.4, 0.5) is 5.82 Å². The monoisotopic (exact) mass is 263 g/mol. The van der Waals surface area contributed by atoms with Crippen LogP contribution in [0.5, 0.6) is 0 Å². The zero-order chi connectivity index (χ0) is 14.0. The first kappa shape index (κ1) is 13.8. The summed E-state index contributed by atoms with van der Waals surface area (Å²) in [7, 11) is 3.45. The van der Waals surface area contributed by atoms with Crippen LogP contribution < -0.4 is 10.2 Å². The smallest absolute Gasteiger partial charge is 0.339 e. The van der Waals surface area contributed by atoms with Gasteiger partial charge in [0.05, 0.1) is 18.4 Å². The lowest BCUT2D eigenvalue weighted by Gasteiger charge is -2.26. The van der Waals surface area contributed by atoms with Crippen LogP contribution in [0.1, 0.15) is 28.0 Å². The number of carbonyl (C=O) groups is 1. The fourth-order valence-corrected chi connectivity index (χ4v) is 2.56. The molecule has 1 aliphatic heterocycles. The molecule has 1 fully saturated rings. The number of anilines is 1. The van der Waals surface area contributed by atoms with Crippen molar-refractivity contribution in [3.05, 3.63) is 22.9 Å². The molecule has 104 valence electrons. The van der Waals surface area contributed by atoms with E-state index >= 15 is 0 Å². The Morgan fingerprint density at radius 3 is 2.79 bits per heavy atom. The summed E-state index contributed by atoms with van der Waals surface area (Å²) in [6, 6.07) is 2.42. The number of pyridine rings is 1. The summed E-state index contributed by atoms with van der Waals surface area (Å²) < 4.78 is 4.80. The Hall–Kier alpha value is -1.62. The first-order valence-corrected chi connectivity index (χ1v) is 6.54. The number of aryl methyl sites for hydroxylation is 2. The van der Waals surface area contributed by atoms with Crippen molar-refractivity contribution < 1.29 is 9.53 Å². The van der Waals surface area contributed by atoms with Crippen molar-refractivity contribution in [2.45, 2.75) is 26.3 Å². The van der Waals surface area contributed by atoms with Gasteiger partial charge < -0.3 is 15.0 Å². The molecular weight excluding hydrogens is 242 g/mol. The molecule has 1 atom stereocenters. The van der Waals surface area contributed by atoms with Crippen LogP contribution in [-0.2, 0) is 4.74 Å². The number of nitrogens with one attached hydrogen (secondary N) is 1. The van der Waals surface area contributed by atoms with Crippen molar-refractivity contribution >= 4 is 11.8 Å². The molecule has 5 nitrogen and oxygen atoms in total. The molecular formula is C14H21N3O2. The van der Waals surface area contributed by atoms with E-state index in [1.54, 1.807) is 0 Å². The van der Waals surface area contributed by atoms with Gasteiger partial charge in [0.15, 0.2) is 0 Å². The topological polar surface area (TPSA) is 54.5 Å². The summed E-state index contributed by atoms with van der Waals surface area (Å²) in [6.07, 6.45) is 1.12. The molecule has 2 heterocycles. The highest BCUT2D eigenvalue weighted by molar-refractivity contribution is 5.92. The second-order valence-electron chi connectivity index (χ2n) is 5.01. The quantitative estimate of drug-likeness (QED) is 0.833. The number of esters is 1. The Labute approximate surface area is 114 Å². The molecule has 0 amide bonds. The van der Waals surface area contributed by atoms with Crippen LogP contribution in [0.2, 0.25) is 0 Å². The maximum atomic E-state index is 11.7. The third kappa shape index (κ3) is 2.71. The minimum Gasteiger partial charge on any atom is -0.465 e. The Kier molecular flexibility index (Phi) is 4.04. The number of hydrogen-bond acceptors (Lipinski definition) is 5. The van der Waals surface area contributed by atoms with Crippen molar-refractivity contribution in [2.24, 2.45) is 0 Å². The summed E-state index contributed by atoms with van der Waals surface area (Å²) in [4.78, 5) is 18.4. The number of ether oxygens (including phenoxy) is 1. The van der Waals surface area contributed by atoms with E-state index in [1.165, 1.54) is 7.11 Å². The summed E-state index contributed by atoms with van der Waals surface area (Å²) in [5.74, 6) is 0.593. The van der Waals surface area contributed by atoms with Gasteiger partial charge in [-0.15, -0.1) is 0 Å². The molecule has 0 aliphatic carbocycles. The van der Waals surface area contributed by atoms with Gasteiger partial charge in [0.2, 0.25) is 0 Å². The molecule has 1 saturated heterocycles. The summed E-state index contributed by atoms with van der Waals surface area (Å²) in [5.41, 5.74) is 2.20. The summed E-state index contributed by atoms with van der Waals surface area (Å²) >= 11 is 0. The van der Waals surface area contributed by atoms with Crippen molar-refractivity contribution in [1.29, 1.82) is 0 Å². The van der Waals surface area contributed by atoms with E-state index in [4.69, 9.17) is 4.74 Å². The van der Waals surface area contributed by atoms with Gasteiger partial charge in [-0.3, -0.25) is 0 Å². The van der Waals surface area contributed by atoms with Gasteiger partial charge >= 0.3 is 5.97 Å². The molecule has 5 heteroatoms. The first-order valence-electron chi connectivity index (χ1n) is 6.54. The van der Waals surface area contributed by atoms with Gasteiger partial charge in [-0.25, -0.2) is 9.78 Å². The van der Waals surface area contributed by atoms with Crippen molar-refractivity contribution in [3.8, 4) is 0 Å². The molecule has 0 radical (unpaired) electrons. The summed E-state index contributed by atoms with van der Waals surface area (Å²) in [5, 5.41) is 3.35. The molecule has 19 heavy (non-hydrogen) atoms. The lowest BCUT2D eigenvalue weighted by Crippen LogP contribution is -2.34. The number of hydrogen-bond donors (Lipinski definition) is 1. The highest BCUT2D eigenvalue weighted by Gasteiger charge is 2.22. The molecule has 0 aromatic carbocycles. The molecule has 1 aromatic rings. The van der Waals surface area contributed by atoms with Crippen LogP contribution in [0.15, 0.2) is 6.07 Å². The van der Waals surface area contributed by atoms with Crippen LogP contribution in [0, 0.1) is 13.8 Å². The van der Waals surface area contributed by atoms with Gasteiger partial charge in [-0.2, -0.15) is 0 Å². The predicted octanol–water partition coefficient (Wildman–Crippen LogP) is 1.28. The number of aromatic nitrogens is 1. The molecule has 0 saturated carbocycles. The lowest BCUT2D eigenvalue weighted by molar-refractivity contribution is 0.0598. The van der Waals surface area contributed by atoms with Gasteiger partial charge in [0, 0.05) is 19.6 Å². The molecule has 0 unspecified atom stereocenters. The minimum atomic E-state index is -0.320. The van der Waals surface area contributed by atoms with E-state index in [1.807, 2.05) is 19.9 Å². The van der Waals surface area contributed by atoms with Crippen molar-refractivity contribution in [1.82, 2.24) is 10.3 Å². The Balaban J connectivity index is 2.31. The van der Waals surface area contributed by atoms with Crippen molar-refractivity contribution in [2.75, 3.05) is 32.1 Å².